The van der Waals surface area contributed by atoms with Crippen molar-refractivity contribution >= 4 is 40.2 Å². The van der Waals surface area contributed by atoms with Gasteiger partial charge in [-0.1, -0.05) is 35.5 Å². The Morgan fingerprint density at radius 2 is 1.96 bits per heavy atom. The molecule has 0 aromatic heterocycles. The van der Waals surface area contributed by atoms with E-state index in [9.17, 15) is 9.59 Å². The van der Waals surface area contributed by atoms with E-state index in [-0.39, 0.29) is 17.6 Å². The number of rotatable bonds is 6. The number of carbonyl (C=O) groups excluding carboxylic acids is 2. The molecule has 5 nitrogen and oxygen atoms in total. The zero-order valence-corrected chi connectivity index (χ0v) is 15.0. The van der Waals surface area contributed by atoms with E-state index in [1.807, 2.05) is 12.1 Å². The summed E-state index contributed by atoms with van der Waals surface area (Å²) in [6.45, 7) is 1.16. The van der Waals surface area contributed by atoms with Crippen LogP contribution in [-0.2, 0) is 4.79 Å². The second kappa shape index (κ2) is 8.27. The largest absolute Gasteiger partial charge is 0.456 e. The highest BCUT2D eigenvalue weighted by molar-refractivity contribution is 8.13. The van der Waals surface area contributed by atoms with E-state index in [1.165, 1.54) is 11.8 Å². The van der Waals surface area contributed by atoms with Crippen LogP contribution in [0.2, 0.25) is 5.02 Å². The Hall–Kier alpha value is -2.18. The Bertz CT molecular complexity index is 767. The van der Waals surface area contributed by atoms with Gasteiger partial charge < -0.3 is 15.0 Å². The summed E-state index contributed by atoms with van der Waals surface area (Å²) in [5.41, 5.74) is 0.679. The monoisotopic (exact) mass is 376 g/mol. The van der Waals surface area contributed by atoms with Crippen molar-refractivity contribution in [3.8, 4) is 11.5 Å². The van der Waals surface area contributed by atoms with Gasteiger partial charge in [0.15, 0.2) is 0 Å². The molecule has 0 atom stereocenters. The van der Waals surface area contributed by atoms with Crippen LogP contribution in [-0.4, -0.2) is 34.9 Å². The first-order chi connectivity index (χ1) is 12.1. The smallest absolute Gasteiger partial charge is 0.281 e. The van der Waals surface area contributed by atoms with E-state index < -0.39 is 0 Å². The summed E-state index contributed by atoms with van der Waals surface area (Å²) in [5.74, 6) is 1.89. The van der Waals surface area contributed by atoms with E-state index in [4.69, 9.17) is 16.3 Å². The lowest BCUT2D eigenvalue weighted by Gasteiger charge is -2.14. The Kier molecular flexibility index (Phi) is 5.83. The molecule has 130 valence electrons. The highest BCUT2D eigenvalue weighted by atomic mass is 35.5. The van der Waals surface area contributed by atoms with Crippen molar-refractivity contribution in [2.24, 2.45) is 0 Å². The van der Waals surface area contributed by atoms with Crippen LogP contribution in [0.4, 0.5) is 10.5 Å². The minimum Gasteiger partial charge on any atom is -0.456 e. The topological polar surface area (TPSA) is 58.6 Å². The molecule has 1 fully saturated rings. The molecule has 2 aromatic rings. The molecule has 0 unspecified atom stereocenters. The predicted molar refractivity (Wildman–Crippen MR) is 101 cm³/mol. The van der Waals surface area contributed by atoms with E-state index in [2.05, 4.69) is 5.32 Å². The number of thioether (sulfide) groups is 1. The molecule has 2 amide bonds. The van der Waals surface area contributed by atoms with Gasteiger partial charge in [-0.05, 0) is 36.4 Å². The van der Waals surface area contributed by atoms with Crippen molar-refractivity contribution in [3.63, 3.8) is 0 Å². The third-order valence-electron chi connectivity index (χ3n) is 3.66. The summed E-state index contributed by atoms with van der Waals surface area (Å²) in [4.78, 5) is 25.2. The summed E-state index contributed by atoms with van der Waals surface area (Å²) in [6, 6.07) is 14.3. The third kappa shape index (κ3) is 4.90. The fourth-order valence-electron chi connectivity index (χ4n) is 2.35. The molecule has 1 aliphatic heterocycles. The lowest BCUT2D eigenvalue weighted by molar-refractivity contribution is -0.116. The number of para-hydroxylation sites is 1. The molecule has 0 radical (unpaired) electrons. The Labute approximate surface area is 155 Å². The summed E-state index contributed by atoms with van der Waals surface area (Å²) >= 11 is 7.36. The predicted octanol–water partition coefficient (Wildman–Crippen LogP) is 4.63. The molecule has 0 aliphatic carbocycles. The first-order valence-electron chi connectivity index (χ1n) is 7.86. The van der Waals surface area contributed by atoms with Gasteiger partial charge in [-0.15, -0.1) is 0 Å². The number of amides is 2. The molecule has 0 spiro atoms. The Morgan fingerprint density at radius 3 is 2.64 bits per heavy atom. The van der Waals surface area contributed by atoms with Crippen LogP contribution in [0.15, 0.2) is 48.5 Å². The van der Waals surface area contributed by atoms with E-state index in [1.54, 1.807) is 41.3 Å². The number of hydrogen-bond acceptors (Lipinski definition) is 4. The zero-order valence-electron chi connectivity index (χ0n) is 13.4. The number of hydrogen-bond donors (Lipinski definition) is 1. The molecule has 7 heteroatoms. The molecule has 1 heterocycles. The maximum absolute atomic E-state index is 12.0. The van der Waals surface area contributed by atoms with Crippen LogP contribution in [0.25, 0.3) is 0 Å². The average Bonchev–Trinajstić information content (AvgIpc) is 3.02. The molecule has 0 saturated carbocycles. The van der Waals surface area contributed by atoms with Crippen molar-refractivity contribution in [1.29, 1.82) is 0 Å². The van der Waals surface area contributed by atoms with Gasteiger partial charge in [0.05, 0.1) is 5.02 Å². The molecule has 2 aromatic carbocycles. The number of anilines is 1. The highest BCUT2D eigenvalue weighted by Gasteiger charge is 2.21. The van der Waals surface area contributed by atoms with Crippen molar-refractivity contribution in [1.82, 2.24) is 4.90 Å². The van der Waals surface area contributed by atoms with Gasteiger partial charge in [0.25, 0.3) is 5.24 Å². The first-order valence-corrected chi connectivity index (χ1v) is 9.22. The van der Waals surface area contributed by atoms with Gasteiger partial charge in [-0.2, -0.15) is 0 Å². The van der Waals surface area contributed by atoms with E-state index in [0.717, 1.165) is 5.75 Å². The number of nitrogens with zero attached hydrogens (tertiary/aromatic N) is 1. The molecule has 1 aliphatic rings. The zero-order chi connectivity index (χ0) is 17.6. The fourth-order valence-corrected chi connectivity index (χ4v) is 3.38. The van der Waals surface area contributed by atoms with Gasteiger partial charge in [0, 0.05) is 31.0 Å². The maximum atomic E-state index is 12.0. The fraction of sp³-hybridized carbons (Fsp3) is 0.222. The summed E-state index contributed by atoms with van der Waals surface area (Å²) < 4.78 is 5.70. The quantitative estimate of drug-likeness (QED) is 0.798. The second-order valence-corrected chi connectivity index (χ2v) is 6.91. The summed E-state index contributed by atoms with van der Waals surface area (Å²) in [5, 5.41) is 3.40. The van der Waals surface area contributed by atoms with Crippen molar-refractivity contribution in [2.75, 3.05) is 24.2 Å². The number of halogens is 1. The van der Waals surface area contributed by atoms with E-state index in [0.29, 0.717) is 35.3 Å². The van der Waals surface area contributed by atoms with Crippen LogP contribution in [0, 0.1) is 0 Å². The Morgan fingerprint density at radius 1 is 1.20 bits per heavy atom. The molecule has 25 heavy (non-hydrogen) atoms. The van der Waals surface area contributed by atoms with Crippen LogP contribution in [0.5, 0.6) is 11.5 Å². The van der Waals surface area contributed by atoms with E-state index >= 15 is 0 Å². The summed E-state index contributed by atoms with van der Waals surface area (Å²) in [7, 11) is 0. The van der Waals surface area contributed by atoms with Gasteiger partial charge >= 0.3 is 0 Å². The number of carbonyl (C=O) groups is 2. The van der Waals surface area contributed by atoms with Crippen molar-refractivity contribution < 1.29 is 14.3 Å². The molecular weight excluding hydrogens is 360 g/mol. The van der Waals surface area contributed by atoms with Crippen LogP contribution in [0.3, 0.4) is 0 Å². The molecule has 1 N–H and O–H groups in total. The lowest BCUT2D eigenvalue weighted by Crippen LogP contribution is -2.27. The van der Waals surface area contributed by atoms with Gasteiger partial charge in [0.2, 0.25) is 5.91 Å². The third-order valence-corrected chi connectivity index (χ3v) is 4.86. The lowest BCUT2D eigenvalue weighted by atomic mass is 10.2. The SMILES string of the molecule is O=C(CCN1CCSC1=O)Nc1ccc(Oc2ccccc2Cl)cc1. The van der Waals surface area contributed by atoms with Crippen molar-refractivity contribution in [3.05, 3.63) is 53.6 Å². The van der Waals surface area contributed by atoms with Crippen LogP contribution in [0.1, 0.15) is 6.42 Å². The van der Waals surface area contributed by atoms with Crippen molar-refractivity contribution in [2.45, 2.75) is 6.42 Å². The van der Waals surface area contributed by atoms with Crippen LogP contribution < -0.4 is 10.1 Å². The van der Waals surface area contributed by atoms with Gasteiger partial charge in [0.1, 0.15) is 11.5 Å². The Balaban J connectivity index is 1.51. The second-order valence-electron chi connectivity index (χ2n) is 5.46. The molecule has 0 bridgehead atoms. The molecular formula is C18H17ClN2O3S. The number of nitrogens with one attached hydrogen (secondary N) is 1. The molecule has 1 saturated heterocycles. The summed E-state index contributed by atoms with van der Waals surface area (Å²) in [6.07, 6.45) is 0.282. The first kappa shape index (κ1) is 17.6. The van der Waals surface area contributed by atoms with Crippen LogP contribution >= 0.6 is 23.4 Å². The minimum absolute atomic E-state index is 0.0499. The van der Waals surface area contributed by atoms with Gasteiger partial charge in [-0.25, -0.2) is 0 Å². The number of ether oxygens (including phenoxy) is 1. The minimum atomic E-state index is -0.121. The average molecular weight is 377 g/mol. The maximum Gasteiger partial charge on any atom is 0.281 e. The highest BCUT2D eigenvalue weighted by Crippen LogP contribution is 2.29. The normalized spacial score (nSPS) is 13.8. The standard InChI is InChI=1S/C18H17ClN2O3S/c19-15-3-1-2-4-16(15)24-14-7-5-13(6-8-14)20-17(22)9-10-21-11-12-25-18(21)23/h1-8H,9-12H2,(H,20,22). The number of benzene rings is 2. The van der Waals surface area contributed by atoms with Gasteiger partial charge in [-0.3, -0.25) is 9.59 Å². The molecule has 3 rings (SSSR count).